The van der Waals surface area contributed by atoms with Crippen LogP contribution in [0.1, 0.15) is 59.9 Å². The number of pyridine rings is 1. The lowest BCUT2D eigenvalue weighted by molar-refractivity contribution is -0.118. The zero-order valence-electron chi connectivity index (χ0n) is 28.5. The third-order valence-corrected chi connectivity index (χ3v) is 10.3. The van der Waals surface area contributed by atoms with Crippen LogP contribution in [0.5, 0.6) is 17.2 Å². The minimum absolute atomic E-state index is 0.118. The minimum atomic E-state index is -1.42. The van der Waals surface area contributed by atoms with E-state index in [-0.39, 0.29) is 57.1 Å². The number of hydrogen-bond donors (Lipinski definition) is 1. The number of carbonyl (C=O) groups excluding carboxylic acids is 2. The molecule has 1 saturated heterocycles. The van der Waals surface area contributed by atoms with E-state index in [0.29, 0.717) is 22.7 Å². The summed E-state index contributed by atoms with van der Waals surface area (Å²) in [7, 11) is 4.31. The number of nitrogens with zero attached hydrogens (tertiary/aromatic N) is 3. The highest BCUT2D eigenvalue weighted by atomic mass is 35.5. The van der Waals surface area contributed by atoms with E-state index >= 15 is 0 Å². The van der Waals surface area contributed by atoms with Crippen molar-refractivity contribution in [1.82, 2.24) is 9.47 Å². The Morgan fingerprint density at radius 3 is 2.30 bits per heavy atom. The number of fused-ring (bicyclic) bond motifs is 2. The number of methoxy groups -OCH3 is 3. The van der Waals surface area contributed by atoms with Crippen LogP contribution in [0.25, 0.3) is 10.9 Å². The normalized spacial score (nSPS) is 21.7. The van der Waals surface area contributed by atoms with E-state index < -0.39 is 28.7 Å². The predicted octanol–water partition coefficient (Wildman–Crippen LogP) is 5.13. The number of aromatic nitrogens is 1. The van der Waals surface area contributed by atoms with Crippen LogP contribution in [0.2, 0.25) is 5.02 Å². The predicted molar refractivity (Wildman–Crippen MR) is 184 cm³/mol. The Hall–Kier alpha value is -4.62. The first kappa shape index (κ1) is 35.2. The van der Waals surface area contributed by atoms with Gasteiger partial charge in [-0.15, -0.1) is 0 Å². The molecule has 1 N–H and O–H groups in total. The van der Waals surface area contributed by atoms with Crippen LogP contribution in [-0.4, -0.2) is 91.8 Å². The molecule has 1 aromatic heterocycles. The Morgan fingerprint density at radius 2 is 1.72 bits per heavy atom. The standard InChI is InChI=1S/C19H22FN3O3.C17H17ClO6/c1-2-21-5-7-22(8-6-21)17-10-16-13(9-15(17)20)18(24)14(19(25)26)11-23(16)12-3-4-12;1-8-5-9(19)6-12(23-4)17(8)16(20)13-10(21-2)7-11(22-3)14(18)15(13)24-17/h9-12H,2-8H2,1H3,(H,25,26);6-8H,5H2,1-4H3/t;8-,17+/m.1/s1. The number of halogens is 2. The molecule has 14 heteroatoms. The Kier molecular flexibility index (Phi) is 9.57. The van der Waals surface area contributed by atoms with Crippen molar-refractivity contribution >= 4 is 45.7 Å². The molecule has 2 aromatic carbocycles. The summed E-state index contributed by atoms with van der Waals surface area (Å²) >= 11 is 6.33. The number of rotatable bonds is 7. The van der Waals surface area contributed by atoms with E-state index in [0.717, 1.165) is 45.6 Å². The van der Waals surface area contributed by atoms with E-state index in [4.69, 9.17) is 30.5 Å². The molecule has 7 rings (SSSR count). The first-order valence-electron chi connectivity index (χ1n) is 16.5. The van der Waals surface area contributed by atoms with Gasteiger partial charge in [0.2, 0.25) is 16.8 Å². The van der Waals surface area contributed by atoms with Gasteiger partial charge in [-0.05, 0) is 31.5 Å². The average Bonchev–Trinajstić information content (AvgIpc) is 3.90. The molecular formula is C36H39ClFN3O9. The number of Topliss-reactive ketones (excluding diaryl/α,β-unsaturated/α-hetero) is 1. The maximum atomic E-state index is 14.8. The molecule has 50 heavy (non-hydrogen) atoms. The number of aromatic carboxylic acids is 1. The third kappa shape index (κ3) is 5.85. The molecule has 4 aliphatic rings. The number of carbonyl (C=O) groups is 3. The summed E-state index contributed by atoms with van der Waals surface area (Å²) in [5.74, 6) is -1.63. The molecule has 0 amide bonds. The van der Waals surface area contributed by atoms with E-state index in [2.05, 4.69) is 11.8 Å². The molecule has 3 heterocycles. The van der Waals surface area contributed by atoms with Crippen molar-refractivity contribution in [2.75, 3.05) is 59.0 Å². The summed E-state index contributed by atoms with van der Waals surface area (Å²) in [6.45, 7) is 8.08. The maximum absolute atomic E-state index is 14.8. The SMILES string of the molecule is CCN1CCN(c2cc3c(cc2F)c(=O)c(C(=O)O)cn3C2CC2)CC1.COC1=CC(=O)C[C@@H](C)[C@]12Oc1c(Cl)c(OC)cc(OC)c1C2=O. The van der Waals surface area contributed by atoms with Gasteiger partial charge in [-0.25, -0.2) is 9.18 Å². The molecule has 3 aromatic rings. The van der Waals surface area contributed by atoms with Crippen molar-refractivity contribution in [2.24, 2.45) is 5.92 Å². The van der Waals surface area contributed by atoms with Crippen LogP contribution in [0.3, 0.4) is 0 Å². The summed E-state index contributed by atoms with van der Waals surface area (Å²) in [5, 5.41) is 9.63. The van der Waals surface area contributed by atoms with E-state index in [9.17, 15) is 28.7 Å². The molecule has 2 fully saturated rings. The van der Waals surface area contributed by atoms with Crippen LogP contribution in [0.4, 0.5) is 10.1 Å². The van der Waals surface area contributed by atoms with Gasteiger partial charge in [-0.3, -0.25) is 14.4 Å². The van der Waals surface area contributed by atoms with Crippen molar-refractivity contribution < 1.29 is 42.8 Å². The number of piperazine rings is 1. The summed E-state index contributed by atoms with van der Waals surface area (Å²) < 4.78 is 38.5. The number of anilines is 1. The molecular weight excluding hydrogens is 673 g/mol. The fraction of sp³-hybridized carbons (Fsp3) is 0.444. The highest BCUT2D eigenvalue weighted by Crippen LogP contribution is 2.54. The quantitative estimate of drug-likeness (QED) is 0.350. The van der Waals surface area contributed by atoms with Gasteiger partial charge in [0, 0.05) is 68.3 Å². The van der Waals surface area contributed by atoms with Gasteiger partial charge in [-0.2, -0.15) is 0 Å². The van der Waals surface area contributed by atoms with Gasteiger partial charge in [0.1, 0.15) is 33.5 Å². The molecule has 0 bridgehead atoms. The number of likely N-dealkylation sites (N-methyl/N-ethyl adjacent to an activating group) is 1. The largest absolute Gasteiger partial charge is 0.496 e. The Bertz CT molecular complexity index is 1980. The van der Waals surface area contributed by atoms with Gasteiger partial charge in [0.05, 0.1) is 32.5 Å². The van der Waals surface area contributed by atoms with Gasteiger partial charge in [0.15, 0.2) is 17.3 Å². The number of allylic oxidation sites excluding steroid dienone is 1. The van der Waals surface area contributed by atoms with Crippen LogP contribution >= 0.6 is 11.6 Å². The Balaban J connectivity index is 0.000000174. The number of benzene rings is 2. The lowest BCUT2D eigenvalue weighted by Gasteiger charge is -2.36. The molecule has 12 nitrogen and oxygen atoms in total. The fourth-order valence-corrected chi connectivity index (χ4v) is 7.28. The second-order valence-corrected chi connectivity index (χ2v) is 13.2. The number of carboxylic acid groups (broad SMARTS) is 1. The lowest BCUT2D eigenvalue weighted by atomic mass is 9.75. The fourth-order valence-electron chi connectivity index (χ4n) is 7.01. The van der Waals surface area contributed by atoms with Crippen LogP contribution in [0, 0.1) is 11.7 Å². The van der Waals surface area contributed by atoms with Gasteiger partial charge in [-0.1, -0.05) is 25.4 Å². The zero-order chi connectivity index (χ0) is 36.1. The topological polar surface area (TPSA) is 137 Å². The Morgan fingerprint density at radius 1 is 1.04 bits per heavy atom. The summed E-state index contributed by atoms with van der Waals surface area (Å²) in [6, 6.07) is 4.66. The van der Waals surface area contributed by atoms with Crippen LogP contribution in [-0.2, 0) is 9.53 Å². The lowest BCUT2D eigenvalue weighted by Crippen LogP contribution is -2.51. The molecule has 0 unspecified atom stereocenters. The number of ether oxygens (including phenoxy) is 4. The van der Waals surface area contributed by atoms with Crippen LogP contribution in [0.15, 0.2) is 41.0 Å². The molecule has 266 valence electrons. The first-order chi connectivity index (χ1) is 23.9. The molecule has 0 radical (unpaired) electrons. The van der Waals surface area contributed by atoms with Crippen molar-refractivity contribution in [3.05, 3.63) is 68.4 Å². The number of hydrogen-bond acceptors (Lipinski definition) is 10. The van der Waals surface area contributed by atoms with E-state index in [1.54, 1.807) is 13.0 Å². The zero-order valence-corrected chi connectivity index (χ0v) is 29.3. The molecule has 1 spiro atoms. The Labute approximate surface area is 292 Å². The maximum Gasteiger partial charge on any atom is 0.341 e. The second kappa shape index (κ2) is 13.6. The third-order valence-electron chi connectivity index (χ3n) is 9.93. The summed E-state index contributed by atoms with van der Waals surface area (Å²) in [5.41, 5.74) is -0.998. The van der Waals surface area contributed by atoms with Crippen molar-refractivity contribution in [2.45, 2.75) is 44.8 Å². The van der Waals surface area contributed by atoms with Gasteiger partial charge in [0.25, 0.3) is 0 Å². The average molecular weight is 712 g/mol. The summed E-state index contributed by atoms with van der Waals surface area (Å²) in [6.07, 6.45) is 4.78. The molecule has 2 aliphatic heterocycles. The van der Waals surface area contributed by atoms with Crippen molar-refractivity contribution in [3.8, 4) is 17.2 Å². The minimum Gasteiger partial charge on any atom is -0.496 e. The van der Waals surface area contributed by atoms with Crippen LogP contribution < -0.4 is 24.5 Å². The summed E-state index contributed by atoms with van der Waals surface area (Å²) in [4.78, 5) is 53.3. The van der Waals surface area contributed by atoms with E-state index in [1.807, 2.05) is 9.47 Å². The molecule has 2 atom stereocenters. The first-order valence-corrected chi connectivity index (χ1v) is 16.8. The highest BCUT2D eigenvalue weighted by molar-refractivity contribution is 6.35. The number of ketones is 2. The molecule has 1 saturated carbocycles. The molecule has 2 aliphatic carbocycles. The smallest absolute Gasteiger partial charge is 0.341 e. The van der Waals surface area contributed by atoms with E-state index in [1.165, 1.54) is 45.7 Å². The van der Waals surface area contributed by atoms with Gasteiger partial charge < -0.3 is 38.4 Å². The highest BCUT2D eigenvalue weighted by Gasteiger charge is 2.60. The second-order valence-electron chi connectivity index (χ2n) is 12.8. The van der Waals surface area contributed by atoms with Crippen molar-refractivity contribution in [1.29, 1.82) is 0 Å². The number of carboxylic acids is 1. The van der Waals surface area contributed by atoms with Crippen molar-refractivity contribution in [3.63, 3.8) is 0 Å². The van der Waals surface area contributed by atoms with Gasteiger partial charge >= 0.3 is 5.97 Å². The monoisotopic (exact) mass is 711 g/mol.